The number of aromatic amines is 2. The number of hydrogen-bond acceptors (Lipinski definition) is 5. The average Bonchev–Trinajstić information content (AvgIpc) is 3.33. The van der Waals surface area contributed by atoms with E-state index in [0.717, 1.165) is 30.0 Å². The summed E-state index contributed by atoms with van der Waals surface area (Å²) in [6.07, 6.45) is -1.05. The molecule has 36 heavy (non-hydrogen) atoms. The van der Waals surface area contributed by atoms with Gasteiger partial charge in [0.15, 0.2) is 0 Å². The van der Waals surface area contributed by atoms with E-state index >= 15 is 0 Å². The van der Waals surface area contributed by atoms with Crippen molar-refractivity contribution in [1.82, 2.24) is 19.5 Å². The maximum Gasteiger partial charge on any atom is 0.416 e. The van der Waals surface area contributed by atoms with E-state index in [1.807, 2.05) is 0 Å². The highest BCUT2D eigenvalue weighted by molar-refractivity contribution is 6.30. The molecule has 186 valence electrons. The van der Waals surface area contributed by atoms with Gasteiger partial charge in [-0.3, -0.25) is 14.8 Å². The molecular formula is C23H18ClF3N6O3. The second-order valence-electron chi connectivity index (χ2n) is 7.53. The second kappa shape index (κ2) is 10.1. The largest absolute Gasteiger partial charge is 0.493 e. The molecule has 9 nitrogen and oxygen atoms in total. The Labute approximate surface area is 206 Å². The zero-order chi connectivity index (χ0) is 25.9. The first kappa shape index (κ1) is 24.8. The van der Waals surface area contributed by atoms with Crippen LogP contribution in [0.1, 0.15) is 16.8 Å². The summed E-state index contributed by atoms with van der Waals surface area (Å²) in [5.74, 6) is -0.874. The van der Waals surface area contributed by atoms with Crippen LogP contribution in [0.5, 0.6) is 5.88 Å². The minimum Gasteiger partial charge on any atom is -0.493 e. The number of aromatic nitrogens is 4. The number of rotatable bonds is 6. The van der Waals surface area contributed by atoms with Crippen LogP contribution >= 0.6 is 11.6 Å². The van der Waals surface area contributed by atoms with E-state index in [1.165, 1.54) is 6.33 Å². The molecule has 0 aliphatic carbocycles. The second-order valence-corrected chi connectivity index (χ2v) is 7.96. The standard InChI is InChI=1S/C23H18ClF3N6O3/c24-14-3-5-15(6-4-14)31-19(29-10-9-16-11-28-12-30-16)18-20(34)32-22(36)33(21(18)35)17-7-1-13(2-8-17)23(25,26)27/h1-8,11-12,35H,9-10H2,(H,28,30)(H,29,31)(H,32,34,36). The highest BCUT2D eigenvalue weighted by Crippen LogP contribution is 2.30. The summed E-state index contributed by atoms with van der Waals surface area (Å²) < 4.78 is 39.5. The molecule has 0 saturated heterocycles. The predicted molar refractivity (Wildman–Crippen MR) is 128 cm³/mol. The number of imidazole rings is 1. The number of alkyl halides is 3. The zero-order valence-electron chi connectivity index (χ0n) is 18.3. The molecule has 0 bridgehead atoms. The molecule has 4 aromatic rings. The van der Waals surface area contributed by atoms with Gasteiger partial charge in [-0.25, -0.2) is 14.3 Å². The molecule has 0 unspecified atom stereocenters. The molecular weight excluding hydrogens is 501 g/mol. The van der Waals surface area contributed by atoms with Crippen LogP contribution in [-0.2, 0) is 12.6 Å². The summed E-state index contributed by atoms with van der Waals surface area (Å²) in [5.41, 5.74) is -2.13. The van der Waals surface area contributed by atoms with Crippen LogP contribution in [0.15, 0.2) is 75.6 Å². The molecule has 0 amide bonds. The molecule has 0 fully saturated rings. The predicted octanol–water partition coefficient (Wildman–Crippen LogP) is 3.73. The van der Waals surface area contributed by atoms with Crippen LogP contribution in [0.3, 0.4) is 0 Å². The third-order valence-corrected chi connectivity index (χ3v) is 5.34. The number of nitrogens with zero attached hydrogens (tertiary/aromatic N) is 3. The fourth-order valence-electron chi connectivity index (χ4n) is 3.34. The number of H-pyrrole nitrogens is 2. The highest BCUT2D eigenvalue weighted by Gasteiger charge is 2.30. The molecule has 4 N–H and O–H groups in total. The lowest BCUT2D eigenvalue weighted by Gasteiger charge is -2.15. The molecule has 2 aromatic carbocycles. The van der Waals surface area contributed by atoms with E-state index in [0.29, 0.717) is 21.7 Å². The Morgan fingerprint density at radius 1 is 1.11 bits per heavy atom. The van der Waals surface area contributed by atoms with Crippen molar-refractivity contribution in [3.05, 3.63) is 104 Å². The third kappa shape index (κ3) is 5.49. The molecule has 4 rings (SSSR count). The minimum atomic E-state index is -4.58. The van der Waals surface area contributed by atoms with Gasteiger partial charge in [0.2, 0.25) is 5.88 Å². The SMILES string of the molecule is O=c1[nH]c(=O)n(-c2ccc(C(F)(F)F)cc2)c(O)c1C(=NCCc1cnc[nH]1)Nc1ccc(Cl)cc1. The number of aromatic hydroxyl groups is 1. The summed E-state index contributed by atoms with van der Waals surface area (Å²) in [7, 11) is 0. The molecule has 0 aliphatic rings. The number of hydrogen-bond donors (Lipinski definition) is 4. The first-order valence-electron chi connectivity index (χ1n) is 10.4. The van der Waals surface area contributed by atoms with Gasteiger partial charge in [-0.1, -0.05) is 11.6 Å². The number of aliphatic imine (C=N–C) groups is 1. The molecule has 2 aromatic heterocycles. The van der Waals surface area contributed by atoms with E-state index < -0.39 is 28.9 Å². The van der Waals surface area contributed by atoms with Crippen LogP contribution in [-0.4, -0.2) is 37.0 Å². The van der Waals surface area contributed by atoms with Crippen molar-refractivity contribution in [2.24, 2.45) is 4.99 Å². The Morgan fingerprint density at radius 2 is 1.81 bits per heavy atom. The van der Waals surface area contributed by atoms with Crippen molar-refractivity contribution in [3.63, 3.8) is 0 Å². The number of benzene rings is 2. The van der Waals surface area contributed by atoms with Gasteiger partial charge in [-0.15, -0.1) is 0 Å². The quantitative estimate of drug-likeness (QED) is 0.228. The van der Waals surface area contributed by atoms with Gasteiger partial charge in [0, 0.05) is 35.6 Å². The van der Waals surface area contributed by atoms with E-state index in [2.05, 4.69) is 25.3 Å². The lowest BCUT2D eigenvalue weighted by Crippen LogP contribution is -2.35. The molecule has 0 saturated carbocycles. The topological polar surface area (TPSA) is 128 Å². The van der Waals surface area contributed by atoms with Crippen LogP contribution < -0.4 is 16.6 Å². The van der Waals surface area contributed by atoms with E-state index in [1.54, 1.807) is 30.5 Å². The first-order valence-corrected chi connectivity index (χ1v) is 10.8. The molecule has 0 spiro atoms. The summed E-state index contributed by atoms with van der Waals surface area (Å²) >= 11 is 5.93. The van der Waals surface area contributed by atoms with Gasteiger partial charge in [0.25, 0.3) is 5.56 Å². The smallest absolute Gasteiger partial charge is 0.416 e. The highest BCUT2D eigenvalue weighted by atomic mass is 35.5. The minimum absolute atomic E-state index is 0.0729. The normalized spacial score (nSPS) is 12.1. The van der Waals surface area contributed by atoms with Gasteiger partial charge < -0.3 is 15.4 Å². The van der Waals surface area contributed by atoms with Gasteiger partial charge in [-0.05, 0) is 48.5 Å². The lowest BCUT2D eigenvalue weighted by molar-refractivity contribution is -0.137. The van der Waals surface area contributed by atoms with Gasteiger partial charge in [-0.2, -0.15) is 13.2 Å². The van der Waals surface area contributed by atoms with Crippen LogP contribution in [0, 0.1) is 0 Å². The Morgan fingerprint density at radius 3 is 2.42 bits per heavy atom. The van der Waals surface area contributed by atoms with Gasteiger partial charge in [0.05, 0.1) is 17.6 Å². The Hall–Kier alpha value is -4.32. The number of anilines is 1. The van der Waals surface area contributed by atoms with Crippen molar-refractivity contribution >= 4 is 23.1 Å². The van der Waals surface area contributed by atoms with Crippen molar-refractivity contribution in [1.29, 1.82) is 0 Å². The monoisotopic (exact) mass is 518 g/mol. The van der Waals surface area contributed by atoms with Gasteiger partial charge >= 0.3 is 11.9 Å². The summed E-state index contributed by atoms with van der Waals surface area (Å²) in [4.78, 5) is 38.6. The lowest BCUT2D eigenvalue weighted by atomic mass is 10.2. The van der Waals surface area contributed by atoms with E-state index in [9.17, 15) is 27.9 Å². The van der Waals surface area contributed by atoms with Crippen molar-refractivity contribution < 1.29 is 18.3 Å². The van der Waals surface area contributed by atoms with Gasteiger partial charge in [0.1, 0.15) is 11.4 Å². The van der Waals surface area contributed by atoms with E-state index in [-0.39, 0.29) is 23.6 Å². The Kier molecular flexibility index (Phi) is 6.97. The van der Waals surface area contributed by atoms with Crippen LogP contribution in [0.2, 0.25) is 5.02 Å². The molecule has 0 aliphatic heterocycles. The third-order valence-electron chi connectivity index (χ3n) is 5.09. The van der Waals surface area contributed by atoms with E-state index in [4.69, 9.17) is 11.6 Å². The molecule has 0 atom stereocenters. The van der Waals surface area contributed by atoms with Crippen LogP contribution in [0.4, 0.5) is 18.9 Å². The Bertz CT molecular complexity index is 1490. The molecule has 13 heteroatoms. The molecule has 0 radical (unpaired) electrons. The fourth-order valence-corrected chi connectivity index (χ4v) is 3.46. The maximum atomic E-state index is 13.0. The Balaban J connectivity index is 1.79. The fraction of sp³-hybridized carbons (Fsp3) is 0.130. The summed E-state index contributed by atoms with van der Waals surface area (Å²) in [5, 5.41) is 14.4. The number of halogens is 4. The first-order chi connectivity index (χ1) is 17.1. The number of amidine groups is 1. The zero-order valence-corrected chi connectivity index (χ0v) is 19.1. The number of nitrogens with one attached hydrogen (secondary N) is 3. The summed E-state index contributed by atoms with van der Waals surface area (Å²) in [6.45, 7) is 0.163. The maximum absolute atomic E-state index is 13.0. The van der Waals surface area contributed by atoms with Crippen molar-refractivity contribution in [2.75, 3.05) is 11.9 Å². The van der Waals surface area contributed by atoms with Crippen LogP contribution in [0.25, 0.3) is 5.69 Å². The van der Waals surface area contributed by atoms with Crippen molar-refractivity contribution in [2.45, 2.75) is 12.6 Å². The summed E-state index contributed by atoms with van der Waals surface area (Å²) in [6, 6.07) is 9.96. The van der Waals surface area contributed by atoms with Crippen molar-refractivity contribution in [3.8, 4) is 11.6 Å². The average molecular weight is 519 g/mol. The molecule has 2 heterocycles.